The normalized spacial score (nSPS) is 10.5. The molecule has 7 heteroatoms. The third-order valence-electron chi connectivity index (χ3n) is 3.22. The van der Waals surface area contributed by atoms with Crippen LogP contribution >= 0.6 is 22.9 Å². The molecule has 3 aromatic rings. The summed E-state index contributed by atoms with van der Waals surface area (Å²) in [6, 6.07) is 11.5. The first-order valence-electron chi connectivity index (χ1n) is 7.11. The maximum Gasteiger partial charge on any atom is 0.159 e. The van der Waals surface area contributed by atoms with Crippen LogP contribution in [0, 0.1) is 0 Å². The summed E-state index contributed by atoms with van der Waals surface area (Å²) in [6.07, 6.45) is 2.41. The Bertz CT molecular complexity index is 776. The Hall–Kier alpha value is -2.31. The maximum absolute atomic E-state index is 6.15. The van der Waals surface area contributed by atoms with Crippen molar-refractivity contribution in [1.82, 2.24) is 9.97 Å². The van der Waals surface area contributed by atoms with Crippen LogP contribution in [0.15, 0.2) is 48.1 Å². The molecule has 3 rings (SSSR count). The zero-order valence-corrected chi connectivity index (χ0v) is 13.9. The number of benzene rings is 1. The van der Waals surface area contributed by atoms with Crippen molar-refractivity contribution in [3.63, 3.8) is 0 Å². The van der Waals surface area contributed by atoms with Crippen LogP contribution in [-0.2, 0) is 6.42 Å². The highest BCUT2D eigenvalue weighted by Crippen LogP contribution is 2.26. The van der Waals surface area contributed by atoms with Gasteiger partial charge in [0.25, 0.3) is 0 Å². The van der Waals surface area contributed by atoms with E-state index in [1.807, 2.05) is 30.3 Å². The molecule has 23 heavy (non-hydrogen) atoms. The number of nitrogen functional groups attached to an aromatic ring is 1. The summed E-state index contributed by atoms with van der Waals surface area (Å²) >= 11 is 7.72. The molecule has 0 aliphatic carbocycles. The molecule has 5 nitrogen and oxygen atoms in total. The van der Waals surface area contributed by atoms with E-state index >= 15 is 0 Å². The molecule has 0 amide bonds. The first-order chi connectivity index (χ1) is 11.2. The molecule has 0 bridgehead atoms. The molecular weight excluding hydrogens is 330 g/mol. The lowest BCUT2D eigenvalue weighted by Crippen LogP contribution is -2.10. The highest BCUT2D eigenvalue weighted by molar-refractivity contribution is 7.09. The number of anilines is 4. The van der Waals surface area contributed by atoms with Gasteiger partial charge in [0.2, 0.25) is 0 Å². The number of halogens is 1. The summed E-state index contributed by atoms with van der Waals surface area (Å²) in [5.41, 5.74) is 7.46. The lowest BCUT2D eigenvalue weighted by atomic mass is 10.3. The number of nitrogens with two attached hydrogens (primary N) is 1. The molecule has 0 unspecified atom stereocenters. The monoisotopic (exact) mass is 345 g/mol. The van der Waals surface area contributed by atoms with Crippen molar-refractivity contribution in [1.29, 1.82) is 0 Å². The van der Waals surface area contributed by atoms with E-state index in [1.165, 1.54) is 11.2 Å². The van der Waals surface area contributed by atoms with E-state index in [0.717, 1.165) is 18.7 Å². The molecule has 0 fully saturated rings. The van der Waals surface area contributed by atoms with Crippen LogP contribution in [-0.4, -0.2) is 16.5 Å². The van der Waals surface area contributed by atoms with E-state index in [4.69, 9.17) is 17.3 Å². The lowest BCUT2D eigenvalue weighted by Gasteiger charge is -2.12. The number of nitrogens with one attached hydrogen (secondary N) is 2. The van der Waals surface area contributed by atoms with E-state index in [1.54, 1.807) is 11.3 Å². The van der Waals surface area contributed by atoms with E-state index in [9.17, 15) is 0 Å². The van der Waals surface area contributed by atoms with Crippen LogP contribution in [0.1, 0.15) is 4.88 Å². The van der Waals surface area contributed by atoms with Gasteiger partial charge in [-0.3, -0.25) is 0 Å². The van der Waals surface area contributed by atoms with Gasteiger partial charge in [-0.1, -0.05) is 23.7 Å². The standard InChI is InChI=1S/C16H16ClN5S/c17-11-3-1-4-12(9-11)22-16-14(18)15(20-10-21-16)19-7-6-13-5-2-8-23-13/h1-5,8-10H,6-7,18H2,(H2,19,20,21,22). The van der Waals surface area contributed by atoms with Gasteiger partial charge in [0.15, 0.2) is 11.6 Å². The Morgan fingerprint density at radius 1 is 1.13 bits per heavy atom. The maximum atomic E-state index is 6.15. The van der Waals surface area contributed by atoms with Crippen molar-refractivity contribution < 1.29 is 0 Å². The van der Waals surface area contributed by atoms with Crippen molar-refractivity contribution in [2.24, 2.45) is 0 Å². The zero-order chi connectivity index (χ0) is 16.1. The minimum Gasteiger partial charge on any atom is -0.393 e. The third kappa shape index (κ3) is 4.12. The number of hydrogen-bond donors (Lipinski definition) is 3. The molecule has 0 aliphatic heterocycles. The third-order valence-corrected chi connectivity index (χ3v) is 4.39. The Morgan fingerprint density at radius 3 is 2.78 bits per heavy atom. The van der Waals surface area contributed by atoms with Crippen molar-refractivity contribution >= 4 is 45.9 Å². The quantitative estimate of drug-likeness (QED) is 0.625. The van der Waals surface area contributed by atoms with Crippen LogP contribution in [0.2, 0.25) is 5.02 Å². The van der Waals surface area contributed by atoms with Crippen LogP contribution in [0.3, 0.4) is 0 Å². The topological polar surface area (TPSA) is 75.9 Å². The van der Waals surface area contributed by atoms with Crippen molar-refractivity contribution in [3.8, 4) is 0 Å². The van der Waals surface area contributed by atoms with Gasteiger partial charge in [-0.25, -0.2) is 9.97 Å². The minimum atomic E-state index is 0.485. The van der Waals surface area contributed by atoms with Crippen LogP contribution in [0.5, 0.6) is 0 Å². The van der Waals surface area contributed by atoms with Gasteiger partial charge in [0.1, 0.15) is 12.0 Å². The fraction of sp³-hybridized carbons (Fsp3) is 0.125. The Labute approximate surface area is 143 Å². The number of aromatic nitrogens is 2. The molecule has 0 saturated heterocycles. The van der Waals surface area contributed by atoms with Gasteiger partial charge in [-0.05, 0) is 36.1 Å². The first-order valence-corrected chi connectivity index (χ1v) is 8.37. The summed E-state index contributed by atoms with van der Waals surface area (Å²) < 4.78 is 0. The molecule has 0 atom stereocenters. The van der Waals surface area contributed by atoms with Gasteiger partial charge in [-0.15, -0.1) is 11.3 Å². The molecule has 118 valence electrons. The smallest absolute Gasteiger partial charge is 0.159 e. The highest BCUT2D eigenvalue weighted by Gasteiger charge is 2.08. The Morgan fingerprint density at radius 2 is 2.00 bits per heavy atom. The number of rotatable bonds is 6. The minimum absolute atomic E-state index is 0.485. The zero-order valence-electron chi connectivity index (χ0n) is 12.3. The van der Waals surface area contributed by atoms with Gasteiger partial charge in [0.05, 0.1) is 0 Å². The SMILES string of the molecule is Nc1c(NCCc2cccs2)ncnc1Nc1cccc(Cl)c1. The van der Waals surface area contributed by atoms with Gasteiger partial charge in [-0.2, -0.15) is 0 Å². The van der Waals surface area contributed by atoms with Crippen molar-refractivity contribution in [3.05, 3.63) is 58.0 Å². The summed E-state index contributed by atoms with van der Waals surface area (Å²) in [5.74, 6) is 1.18. The second-order valence-electron chi connectivity index (χ2n) is 4.88. The van der Waals surface area contributed by atoms with E-state index in [-0.39, 0.29) is 0 Å². The van der Waals surface area contributed by atoms with Gasteiger partial charge in [0, 0.05) is 22.1 Å². The van der Waals surface area contributed by atoms with E-state index < -0.39 is 0 Å². The second-order valence-corrected chi connectivity index (χ2v) is 6.34. The molecular formula is C16H16ClN5S. The first kappa shape index (κ1) is 15.6. The predicted octanol–water partition coefficient (Wildman–Crippen LogP) is 4.17. The highest BCUT2D eigenvalue weighted by atomic mass is 35.5. The fourth-order valence-electron chi connectivity index (χ4n) is 2.10. The predicted molar refractivity (Wildman–Crippen MR) is 97.7 cm³/mol. The van der Waals surface area contributed by atoms with Crippen LogP contribution in [0.25, 0.3) is 0 Å². The Kier molecular flexibility index (Phi) is 4.95. The number of nitrogens with zero attached hydrogens (tertiary/aromatic N) is 2. The van der Waals surface area contributed by atoms with Crippen LogP contribution < -0.4 is 16.4 Å². The second kappa shape index (κ2) is 7.30. The molecule has 0 radical (unpaired) electrons. The average molecular weight is 346 g/mol. The summed E-state index contributed by atoms with van der Waals surface area (Å²) in [6.45, 7) is 0.762. The van der Waals surface area contributed by atoms with E-state index in [0.29, 0.717) is 22.3 Å². The summed E-state index contributed by atoms with van der Waals surface area (Å²) in [5, 5.41) is 9.13. The molecule has 2 aromatic heterocycles. The molecule has 0 aliphatic rings. The van der Waals surface area contributed by atoms with Crippen molar-refractivity contribution in [2.45, 2.75) is 6.42 Å². The largest absolute Gasteiger partial charge is 0.393 e. The van der Waals surface area contributed by atoms with Gasteiger partial charge >= 0.3 is 0 Å². The van der Waals surface area contributed by atoms with Gasteiger partial charge < -0.3 is 16.4 Å². The summed E-state index contributed by atoms with van der Waals surface area (Å²) in [4.78, 5) is 9.72. The molecule has 0 spiro atoms. The van der Waals surface area contributed by atoms with Crippen LogP contribution in [0.4, 0.5) is 23.0 Å². The molecule has 1 aromatic carbocycles. The van der Waals surface area contributed by atoms with Crippen molar-refractivity contribution in [2.75, 3.05) is 22.9 Å². The average Bonchev–Trinajstić information content (AvgIpc) is 3.04. The molecule has 2 heterocycles. The number of hydrogen-bond acceptors (Lipinski definition) is 6. The lowest BCUT2D eigenvalue weighted by molar-refractivity contribution is 1.02. The molecule has 4 N–H and O–H groups in total. The molecule has 0 saturated carbocycles. The number of thiophene rings is 1. The summed E-state index contributed by atoms with van der Waals surface area (Å²) in [7, 11) is 0. The van der Waals surface area contributed by atoms with E-state index in [2.05, 4.69) is 32.0 Å². The Balaban J connectivity index is 1.68. The fourth-order valence-corrected chi connectivity index (χ4v) is 3.00.